The van der Waals surface area contributed by atoms with E-state index in [1.807, 2.05) is 0 Å². The first-order chi connectivity index (χ1) is 31.8. The molecule has 0 amide bonds. The van der Waals surface area contributed by atoms with Gasteiger partial charge in [-0.05, 0) is 103 Å². The minimum Gasteiger partial charge on any atom is -0.313 e. The number of nitrogens with zero attached hydrogens (tertiary/aromatic N) is 4. The fourth-order valence-electron chi connectivity index (χ4n) is 11.5. The molecular formula is C60H42N4. The summed E-state index contributed by atoms with van der Waals surface area (Å²) in [5.74, 6) is 0.234. The van der Waals surface area contributed by atoms with Gasteiger partial charge in [0, 0.05) is 84.5 Å². The van der Waals surface area contributed by atoms with Crippen molar-refractivity contribution in [2.75, 3.05) is 4.90 Å². The molecule has 14 rings (SSSR count). The third-order valence-corrected chi connectivity index (χ3v) is 14.1. The van der Waals surface area contributed by atoms with E-state index in [-0.39, 0.29) is 5.92 Å². The molecule has 0 N–H and O–H groups in total. The van der Waals surface area contributed by atoms with Crippen molar-refractivity contribution in [1.82, 2.24) is 13.7 Å². The van der Waals surface area contributed by atoms with Gasteiger partial charge in [-0.1, -0.05) is 133 Å². The van der Waals surface area contributed by atoms with Gasteiger partial charge in [-0.15, -0.1) is 0 Å². The van der Waals surface area contributed by atoms with Crippen LogP contribution in [0.2, 0.25) is 0 Å². The zero-order valence-corrected chi connectivity index (χ0v) is 35.2. The highest BCUT2D eigenvalue weighted by Crippen LogP contribution is 2.54. The highest BCUT2D eigenvalue weighted by molar-refractivity contribution is 6.19. The molecule has 0 fully saturated rings. The number of benzene rings is 8. The van der Waals surface area contributed by atoms with Crippen molar-refractivity contribution in [2.45, 2.75) is 25.2 Å². The predicted molar refractivity (Wildman–Crippen MR) is 268 cm³/mol. The van der Waals surface area contributed by atoms with Gasteiger partial charge in [0.25, 0.3) is 0 Å². The highest BCUT2D eigenvalue weighted by atomic mass is 15.2. The Morgan fingerprint density at radius 3 is 1.83 bits per heavy atom. The first kappa shape index (κ1) is 35.5. The third-order valence-electron chi connectivity index (χ3n) is 14.1. The Morgan fingerprint density at radius 2 is 1.06 bits per heavy atom. The number of anilines is 2. The number of para-hydroxylation sites is 6. The van der Waals surface area contributed by atoms with Gasteiger partial charge < -0.3 is 18.6 Å². The normalized spacial score (nSPS) is 15.6. The second-order valence-electron chi connectivity index (χ2n) is 17.5. The summed E-state index contributed by atoms with van der Waals surface area (Å²) >= 11 is 0. The fourth-order valence-corrected chi connectivity index (χ4v) is 11.5. The van der Waals surface area contributed by atoms with Crippen LogP contribution in [0.15, 0.2) is 212 Å². The van der Waals surface area contributed by atoms with Gasteiger partial charge in [0.05, 0.1) is 33.3 Å². The highest BCUT2D eigenvalue weighted by Gasteiger charge is 2.39. The Balaban J connectivity index is 0.951. The molecule has 4 heterocycles. The molecule has 1 atom stereocenters. The van der Waals surface area contributed by atoms with E-state index >= 15 is 0 Å². The zero-order chi connectivity index (χ0) is 41.9. The van der Waals surface area contributed by atoms with Crippen LogP contribution in [0.5, 0.6) is 0 Å². The predicted octanol–water partition coefficient (Wildman–Crippen LogP) is 15.5. The molecule has 8 aromatic carbocycles. The maximum atomic E-state index is 2.54. The lowest BCUT2D eigenvalue weighted by Crippen LogP contribution is -2.18. The second-order valence-corrected chi connectivity index (χ2v) is 17.5. The van der Waals surface area contributed by atoms with Crippen LogP contribution in [0.3, 0.4) is 0 Å². The SMILES string of the molecule is C1=CC(n2c3ccccc3c3cc4c(cc32)c2ccccc2n4-c2ccccc2-c2cccc(N3C4=Cc5c(n(-c6ccccc6)c6ccccc56)CC4c4ccccc43)c2)=CCC1. The van der Waals surface area contributed by atoms with Crippen molar-refractivity contribution in [3.05, 3.63) is 229 Å². The first-order valence-corrected chi connectivity index (χ1v) is 22.6. The van der Waals surface area contributed by atoms with Crippen molar-refractivity contribution in [3.63, 3.8) is 0 Å². The Kier molecular flexibility index (Phi) is 7.61. The molecule has 3 aromatic heterocycles. The number of aromatic nitrogens is 3. The molecule has 1 aliphatic heterocycles. The summed E-state index contributed by atoms with van der Waals surface area (Å²) < 4.78 is 7.47. The molecule has 64 heavy (non-hydrogen) atoms. The molecule has 4 heteroatoms. The van der Waals surface area contributed by atoms with Crippen LogP contribution in [0.1, 0.15) is 35.6 Å². The first-order valence-electron chi connectivity index (χ1n) is 22.6. The summed E-state index contributed by atoms with van der Waals surface area (Å²) in [6.45, 7) is 0. The standard InChI is InChI=1S/C60H42N4/c1-3-19-40(20-4-1)61-53-30-13-8-25-44(53)48-36-59-49(35-57(48)61)46-27-10-15-32-55(46)63(59)42-23-17-18-39(34-42)43-24-7-12-29-52(43)64-56-33-16-11-28-47(56)51-37-58-50(38-60(51)64)45-26-9-14-31-54(45)62(58)41-21-5-2-6-22-41/h1,3-5,7-34,36-38,49H,2,6,35H2. The van der Waals surface area contributed by atoms with Gasteiger partial charge in [0.2, 0.25) is 0 Å². The van der Waals surface area contributed by atoms with E-state index in [2.05, 4.69) is 231 Å². The molecule has 0 bridgehead atoms. The molecule has 0 saturated heterocycles. The summed E-state index contributed by atoms with van der Waals surface area (Å²) in [5.41, 5.74) is 20.0. The monoisotopic (exact) mass is 818 g/mol. The molecular weight excluding hydrogens is 777 g/mol. The van der Waals surface area contributed by atoms with E-state index < -0.39 is 0 Å². The number of hydrogen-bond acceptors (Lipinski definition) is 1. The van der Waals surface area contributed by atoms with Crippen molar-refractivity contribution in [3.8, 4) is 22.5 Å². The van der Waals surface area contributed by atoms with E-state index in [0.717, 1.165) is 19.3 Å². The Labute approximate surface area is 371 Å². The van der Waals surface area contributed by atoms with Crippen LogP contribution < -0.4 is 4.90 Å². The topological polar surface area (TPSA) is 18.0 Å². The zero-order valence-electron chi connectivity index (χ0n) is 35.2. The third kappa shape index (κ3) is 5.05. The quantitative estimate of drug-likeness (QED) is 0.169. The van der Waals surface area contributed by atoms with E-state index in [4.69, 9.17) is 0 Å². The number of hydrogen-bond donors (Lipinski definition) is 0. The van der Waals surface area contributed by atoms with Gasteiger partial charge in [-0.2, -0.15) is 0 Å². The van der Waals surface area contributed by atoms with Gasteiger partial charge in [-0.3, -0.25) is 0 Å². The van der Waals surface area contributed by atoms with Gasteiger partial charge in [0.15, 0.2) is 0 Å². The van der Waals surface area contributed by atoms with Crippen LogP contribution in [-0.4, -0.2) is 13.7 Å². The Morgan fingerprint density at radius 1 is 0.438 bits per heavy atom. The molecule has 1 unspecified atom stereocenters. The molecule has 0 spiro atoms. The van der Waals surface area contributed by atoms with Crippen LogP contribution in [0.4, 0.5) is 11.4 Å². The fraction of sp³-hybridized carbons (Fsp3) is 0.0667. The summed E-state index contributed by atoms with van der Waals surface area (Å²) in [4.78, 5) is 2.54. The molecule has 302 valence electrons. The molecule has 11 aromatic rings. The van der Waals surface area contributed by atoms with Crippen molar-refractivity contribution >= 4 is 77.7 Å². The smallest absolute Gasteiger partial charge is 0.0549 e. The lowest BCUT2D eigenvalue weighted by Gasteiger charge is -2.27. The van der Waals surface area contributed by atoms with E-state index in [1.165, 1.54) is 117 Å². The lowest BCUT2D eigenvalue weighted by atomic mass is 9.87. The summed E-state index contributed by atoms with van der Waals surface area (Å²) in [6.07, 6.45) is 12.5. The molecule has 3 aliphatic rings. The maximum Gasteiger partial charge on any atom is 0.0549 e. The van der Waals surface area contributed by atoms with Crippen LogP contribution in [0.25, 0.3) is 88.8 Å². The lowest BCUT2D eigenvalue weighted by molar-refractivity contribution is 0.761. The van der Waals surface area contributed by atoms with Crippen molar-refractivity contribution < 1.29 is 0 Å². The van der Waals surface area contributed by atoms with Gasteiger partial charge >= 0.3 is 0 Å². The average Bonchev–Trinajstić information content (AvgIpc) is 4.07. The minimum atomic E-state index is 0.234. The van der Waals surface area contributed by atoms with Crippen LogP contribution in [0, 0.1) is 0 Å². The van der Waals surface area contributed by atoms with Crippen molar-refractivity contribution in [1.29, 1.82) is 0 Å². The van der Waals surface area contributed by atoms with E-state index in [1.54, 1.807) is 0 Å². The molecule has 0 saturated carbocycles. The Hall–Kier alpha value is -8.08. The van der Waals surface area contributed by atoms with E-state index in [0.29, 0.717) is 0 Å². The summed E-state index contributed by atoms with van der Waals surface area (Å²) in [6, 6.07) is 69.7. The molecule has 0 radical (unpaired) electrons. The minimum absolute atomic E-state index is 0.234. The van der Waals surface area contributed by atoms with Crippen LogP contribution in [-0.2, 0) is 6.42 Å². The second kappa shape index (κ2) is 13.7. The Bertz CT molecular complexity index is 3830. The summed E-state index contributed by atoms with van der Waals surface area (Å²) in [7, 11) is 0. The maximum absolute atomic E-state index is 2.54. The largest absolute Gasteiger partial charge is 0.313 e. The number of rotatable bonds is 5. The number of allylic oxidation sites excluding steroid dienone is 5. The summed E-state index contributed by atoms with van der Waals surface area (Å²) in [5, 5.41) is 6.35. The number of fused-ring (bicyclic) bond motifs is 12. The van der Waals surface area contributed by atoms with Crippen molar-refractivity contribution in [2.24, 2.45) is 0 Å². The van der Waals surface area contributed by atoms with Crippen LogP contribution >= 0.6 is 0 Å². The average molecular weight is 819 g/mol. The van der Waals surface area contributed by atoms with Gasteiger partial charge in [0.1, 0.15) is 0 Å². The van der Waals surface area contributed by atoms with Gasteiger partial charge in [-0.25, -0.2) is 0 Å². The van der Waals surface area contributed by atoms with E-state index in [9.17, 15) is 0 Å². The molecule has 2 aliphatic carbocycles. The molecule has 4 nitrogen and oxygen atoms in total.